The van der Waals surface area contributed by atoms with Gasteiger partial charge in [0.05, 0.1) is 0 Å². The predicted molar refractivity (Wildman–Crippen MR) is 107 cm³/mol. The van der Waals surface area contributed by atoms with Crippen molar-refractivity contribution < 1.29 is 19.5 Å². The van der Waals surface area contributed by atoms with Gasteiger partial charge >= 0.3 is 5.97 Å². The summed E-state index contributed by atoms with van der Waals surface area (Å²) in [4.78, 5) is 34.4. The van der Waals surface area contributed by atoms with Gasteiger partial charge in [-0.2, -0.15) is 0 Å². The molecule has 0 unspecified atom stereocenters. The summed E-state index contributed by atoms with van der Waals surface area (Å²) in [6.07, 6.45) is -0.163. The molecule has 0 radical (unpaired) electrons. The lowest BCUT2D eigenvalue weighted by Crippen LogP contribution is -2.41. The molecular weight excluding hydrogens is 356 g/mol. The van der Waals surface area contributed by atoms with E-state index in [-0.39, 0.29) is 12.8 Å². The molecule has 3 aromatic carbocycles. The molecule has 4 N–H and O–H groups in total. The minimum atomic E-state index is -1.21. The first-order chi connectivity index (χ1) is 13.4. The lowest BCUT2D eigenvalue weighted by atomic mass is 10.00. The van der Waals surface area contributed by atoms with E-state index in [4.69, 9.17) is 5.73 Å². The Morgan fingerprint density at radius 2 is 1.54 bits per heavy atom. The predicted octanol–water partition coefficient (Wildman–Crippen LogP) is 2.96. The van der Waals surface area contributed by atoms with E-state index in [2.05, 4.69) is 11.4 Å². The van der Waals surface area contributed by atoms with Crippen LogP contribution in [0.2, 0.25) is 0 Å². The number of hydrogen-bond acceptors (Lipinski definition) is 3. The topological polar surface area (TPSA) is 109 Å². The van der Waals surface area contributed by atoms with Gasteiger partial charge < -0.3 is 16.2 Å². The smallest absolute Gasteiger partial charge is 0.326 e. The van der Waals surface area contributed by atoms with Gasteiger partial charge in [0.15, 0.2) is 0 Å². The maximum Gasteiger partial charge on any atom is 0.326 e. The Labute approximate surface area is 162 Å². The number of benzene rings is 3. The van der Waals surface area contributed by atoms with E-state index in [9.17, 15) is 19.5 Å². The van der Waals surface area contributed by atoms with Crippen LogP contribution >= 0.6 is 0 Å². The van der Waals surface area contributed by atoms with Crippen LogP contribution in [0.15, 0.2) is 66.7 Å². The Bertz CT molecular complexity index is 1030. The molecule has 3 rings (SSSR count). The first-order valence-electron chi connectivity index (χ1n) is 8.85. The molecule has 2 amide bonds. The Balaban J connectivity index is 1.74. The standard InChI is InChI=1S/C22H20N2O4/c23-20(25)12-11-19(22(27)28)24-21(26)16-8-5-15(6-9-16)18-10-7-14-3-1-2-4-17(14)13-18/h1-10,13,19H,11-12H2,(H2,23,25)(H,24,26)(H,27,28)/t19-/m0/s1. The van der Waals surface area contributed by atoms with Gasteiger partial charge in [-0.25, -0.2) is 4.79 Å². The molecule has 0 saturated carbocycles. The quantitative estimate of drug-likeness (QED) is 0.589. The number of carbonyl (C=O) groups excluding carboxylic acids is 2. The van der Waals surface area contributed by atoms with Crippen LogP contribution < -0.4 is 11.1 Å². The summed E-state index contributed by atoms with van der Waals surface area (Å²) >= 11 is 0. The van der Waals surface area contributed by atoms with Crippen LogP contribution in [0.4, 0.5) is 0 Å². The third-order valence-corrected chi connectivity index (χ3v) is 4.51. The average molecular weight is 376 g/mol. The van der Waals surface area contributed by atoms with Crippen molar-refractivity contribution in [3.05, 3.63) is 72.3 Å². The maximum atomic E-state index is 12.3. The molecule has 28 heavy (non-hydrogen) atoms. The number of fused-ring (bicyclic) bond motifs is 1. The summed E-state index contributed by atoms with van der Waals surface area (Å²) in [6, 6.07) is 20.0. The van der Waals surface area contributed by atoms with E-state index in [0.717, 1.165) is 21.9 Å². The number of hydrogen-bond donors (Lipinski definition) is 3. The molecule has 0 saturated heterocycles. The minimum Gasteiger partial charge on any atom is -0.480 e. The number of carbonyl (C=O) groups is 3. The fourth-order valence-electron chi connectivity index (χ4n) is 2.97. The average Bonchev–Trinajstić information content (AvgIpc) is 2.70. The molecule has 0 aliphatic rings. The van der Waals surface area contributed by atoms with Crippen LogP contribution in [0.25, 0.3) is 21.9 Å². The number of nitrogens with one attached hydrogen (secondary N) is 1. The third kappa shape index (κ3) is 4.54. The highest BCUT2D eigenvalue weighted by Gasteiger charge is 2.21. The van der Waals surface area contributed by atoms with Crippen molar-refractivity contribution in [3.63, 3.8) is 0 Å². The van der Waals surface area contributed by atoms with E-state index in [1.54, 1.807) is 12.1 Å². The molecule has 6 nitrogen and oxygen atoms in total. The van der Waals surface area contributed by atoms with Crippen molar-refractivity contribution in [3.8, 4) is 11.1 Å². The van der Waals surface area contributed by atoms with E-state index >= 15 is 0 Å². The first kappa shape index (κ1) is 19.1. The van der Waals surface area contributed by atoms with Gasteiger partial charge in [-0.15, -0.1) is 0 Å². The number of carboxylic acids is 1. The zero-order valence-electron chi connectivity index (χ0n) is 15.1. The van der Waals surface area contributed by atoms with E-state index < -0.39 is 23.8 Å². The summed E-state index contributed by atoms with van der Waals surface area (Å²) in [6.45, 7) is 0. The van der Waals surface area contributed by atoms with Crippen LogP contribution in [-0.2, 0) is 9.59 Å². The number of nitrogens with two attached hydrogens (primary N) is 1. The SMILES string of the molecule is NC(=O)CC[C@H](NC(=O)c1ccc(-c2ccc3ccccc3c2)cc1)C(=O)O. The van der Waals surface area contributed by atoms with Crippen molar-refractivity contribution in [1.29, 1.82) is 0 Å². The molecule has 0 aliphatic heterocycles. The Morgan fingerprint density at radius 1 is 0.893 bits per heavy atom. The van der Waals surface area contributed by atoms with Crippen LogP contribution in [0, 0.1) is 0 Å². The Kier molecular flexibility index (Phi) is 5.69. The minimum absolute atomic E-state index is 0.0500. The Morgan fingerprint density at radius 3 is 2.18 bits per heavy atom. The van der Waals surface area contributed by atoms with Crippen molar-refractivity contribution in [2.24, 2.45) is 5.73 Å². The van der Waals surface area contributed by atoms with Crippen LogP contribution in [0.1, 0.15) is 23.2 Å². The monoisotopic (exact) mass is 376 g/mol. The molecule has 142 valence electrons. The molecular formula is C22H20N2O4. The zero-order chi connectivity index (χ0) is 20.1. The maximum absolute atomic E-state index is 12.3. The molecule has 0 bridgehead atoms. The van der Waals surface area contributed by atoms with Gasteiger partial charge in [0.1, 0.15) is 6.04 Å². The molecule has 0 fully saturated rings. The van der Waals surface area contributed by atoms with E-state index in [1.165, 1.54) is 0 Å². The van der Waals surface area contributed by atoms with Crippen molar-refractivity contribution in [1.82, 2.24) is 5.32 Å². The van der Waals surface area contributed by atoms with Crippen molar-refractivity contribution in [2.75, 3.05) is 0 Å². The lowest BCUT2D eigenvalue weighted by molar-refractivity contribution is -0.139. The summed E-state index contributed by atoms with van der Waals surface area (Å²) in [5, 5.41) is 13.9. The summed E-state index contributed by atoms with van der Waals surface area (Å²) in [7, 11) is 0. The summed E-state index contributed by atoms with van der Waals surface area (Å²) < 4.78 is 0. The largest absolute Gasteiger partial charge is 0.480 e. The molecule has 0 heterocycles. The van der Waals surface area contributed by atoms with Gasteiger partial charge in [-0.05, 0) is 46.5 Å². The molecule has 0 aromatic heterocycles. The van der Waals surface area contributed by atoms with Gasteiger partial charge in [0.2, 0.25) is 5.91 Å². The van der Waals surface area contributed by atoms with Gasteiger partial charge in [0.25, 0.3) is 5.91 Å². The number of carboxylic acid groups (broad SMARTS) is 1. The number of rotatable bonds is 7. The number of primary amides is 1. The van der Waals surface area contributed by atoms with Crippen molar-refractivity contribution in [2.45, 2.75) is 18.9 Å². The molecule has 0 aliphatic carbocycles. The number of amides is 2. The lowest BCUT2D eigenvalue weighted by Gasteiger charge is -2.14. The fraction of sp³-hybridized carbons (Fsp3) is 0.136. The van der Waals surface area contributed by atoms with Crippen LogP contribution in [0.5, 0.6) is 0 Å². The Hall–Kier alpha value is -3.67. The third-order valence-electron chi connectivity index (χ3n) is 4.51. The highest BCUT2D eigenvalue weighted by Crippen LogP contribution is 2.24. The highest BCUT2D eigenvalue weighted by molar-refractivity contribution is 5.97. The van der Waals surface area contributed by atoms with Gasteiger partial charge in [-0.3, -0.25) is 9.59 Å². The van der Waals surface area contributed by atoms with E-state index in [1.807, 2.05) is 48.5 Å². The van der Waals surface area contributed by atoms with Crippen LogP contribution in [0.3, 0.4) is 0 Å². The van der Waals surface area contributed by atoms with Crippen molar-refractivity contribution >= 4 is 28.6 Å². The highest BCUT2D eigenvalue weighted by atomic mass is 16.4. The summed E-state index contributed by atoms with van der Waals surface area (Å²) in [5.74, 6) is -2.33. The second-order valence-corrected chi connectivity index (χ2v) is 6.51. The van der Waals surface area contributed by atoms with Gasteiger partial charge in [0, 0.05) is 12.0 Å². The zero-order valence-corrected chi connectivity index (χ0v) is 15.1. The second kappa shape index (κ2) is 8.35. The second-order valence-electron chi connectivity index (χ2n) is 6.51. The molecule has 6 heteroatoms. The molecule has 1 atom stereocenters. The normalized spacial score (nSPS) is 11.7. The van der Waals surface area contributed by atoms with Gasteiger partial charge in [-0.1, -0.05) is 48.5 Å². The number of aliphatic carboxylic acids is 1. The first-order valence-corrected chi connectivity index (χ1v) is 8.85. The van der Waals surface area contributed by atoms with E-state index in [0.29, 0.717) is 5.56 Å². The van der Waals surface area contributed by atoms with Crippen LogP contribution in [-0.4, -0.2) is 28.9 Å². The summed E-state index contributed by atoms with van der Waals surface area (Å²) in [5.41, 5.74) is 7.36. The molecule has 3 aromatic rings. The molecule has 0 spiro atoms. The fourth-order valence-corrected chi connectivity index (χ4v) is 2.97.